The lowest BCUT2D eigenvalue weighted by atomic mass is 10.2. The summed E-state index contributed by atoms with van der Waals surface area (Å²) >= 11 is 0. The maximum atomic E-state index is 12.0. The van der Waals surface area contributed by atoms with Gasteiger partial charge in [-0.3, -0.25) is 4.79 Å². The minimum atomic E-state index is -0.926. The molecule has 2 aromatic heterocycles. The van der Waals surface area contributed by atoms with Crippen LogP contribution in [0.5, 0.6) is 0 Å². The van der Waals surface area contributed by atoms with Crippen molar-refractivity contribution in [3.63, 3.8) is 0 Å². The van der Waals surface area contributed by atoms with Crippen molar-refractivity contribution in [2.45, 2.75) is 13.8 Å². The zero-order valence-corrected chi connectivity index (χ0v) is 12.2. The van der Waals surface area contributed by atoms with Gasteiger partial charge in [-0.05, 0) is 19.1 Å². The van der Waals surface area contributed by atoms with Gasteiger partial charge in [0.05, 0.1) is 17.3 Å². The molecule has 2 heterocycles. The molecule has 0 fully saturated rings. The molecule has 7 heteroatoms. The molecule has 0 spiro atoms. The number of urea groups is 1. The van der Waals surface area contributed by atoms with E-state index in [0.717, 1.165) is 11.3 Å². The highest BCUT2D eigenvalue weighted by atomic mass is 16.4. The number of carbonyl (C=O) groups excluding carboxylic acids is 1. The number of hydrogen-bond donors (Lipinski definition) is 2. The van der Waals surface area contributed by atoms with Gasteiger partial charge in [0.1, 0.15) is 5.65 Å². The van der Waals surface area contributed by atoms with Gasteiger partial charge in [0.25, 0.3) is 0 Å². The average molecular weight is 290 g/mol. The summed E-state index contributed by atoms with van der Waals surface area (Å²) in [6.45, 7) is 3.60. The van der Waals surface area contributed by atoms with Gasteiger partial charge < -0.3 is 19.7 Å². The van der Waals surface area contributed by atoms with E-state index in [2.05, 4.69) is 10.3 Å². The molecule has 0 aromatic carbocycles. The van der Waals surface area contributed by atoms with Gasteiger partial charge in [-0.2, -0.15) is 0 Å². The second-order valence-corrected chi connectivity index (χ2v) is 5.12. The van der Waals surface area contributed by atoms with Crippen molar-refractivity contribution in [3.05, 3.63) is 30.2 Å². The number of aryl methyl sites for hydroxylation is 1. The van der Waals surface area contributed by atoms with Gasteiger partial charge in [-0.1, -0.05) is 6.92 Å². The molecular formula is C14H18N4O3. The average Bonchev–Trinajstić information content (AvgIpc) is 2.77. The number of hydrogen-bond acceptors (Lipinski definition) is 3. The van der Waals surface area contributed by atoms with E-state index in [1.54, 1.807) is 26.2 Å². The summed E-state index contributed by atoms with van der Waals surface area (Å²) in [7, 11) is 1.56. The lowest BCUT2D eigenvalue weighted by molar-refractivity contribution is -0.141. The Morgan fingerprint density at radius 3 is 2.81 bits per heavy atom. The Balaban J connectivity index is 2.04. The van der Waals surface area contributed by atoms with Gasteiger partial charge >= 0.3 is 12.0 Å². The number of amides is 2. The van der Waals surface area contributed by atoms with Crippen LogP contribution in [0.3, 0.4) is 0 Å². The Morgan fingerprint density at radius 1 is 1.43 bits per heavy atom. The maximum absolute atomic E-state index is 12.0. The summed E-state index contributed by atoms with van der Waals surface area (Å²) in [6.07, 6.45) is 3.63. The van der Waals surface area contributed by atoms with Crippen molar-refractivity contribution in [1.29, 1.82) is 0 Å². The first-order valence-corrected chi connectivity index (χ1v) is 6.57. The van der Waals surface area contributed by atoms with Gasteiger partial charge in [0.2, 0.25) is 0 Å². The number of pyridine rings is 1. The van der Waals surface area contributed by atoms with Crippen molar-refractivity contribution >= 4 is 23.3 Å². The van der Waals surface area contributed by atoms with Crippen LogP contribution >= 0.6 is 0 Å². The Morgan fingerprint density at radius 2 is 2.14 bits per heavy atom. The number of aromatic nitrogens is 2. The van der Waals surface area contributed by atoms with E-state index in [9.17, 15) is 9.59 Å². The normalized spacial score (nSPS) is 12.1. The number of carboxylic acid groups (broad SMARTS) is 1. The summed E-state index contributed by atoms with van der Waals surface area (Å²) in [6, 6.07) is 3.22. The number of anilines is 1. The molecule has 2 N–H and O–H groups in total. The van der Waals surface area contributed by atoms with Crippen molar-refractivity contribution in [1.82, 2.24) is 14.3 Å². The van der Waals surface area contributed by atoms with E-state index < -0.39 is 11.9 Å². The molecule has 7 nitrogen and oxygen atoms in total. The highest BCUT2D eigenvalue weighted by molar-refractivity contribution is 5.89. The molecule has 0 aliphatic rings. The zero-order chi connectivity index (χ0) is 15.6. The van der Waals surface area contributed by atoms with Crippen molar-refractivity contribution in [2.75, 3.05) is 18.9 Å². The maximum Gasteiger partial charge on any atom is 0.321 e. The lowest BCUT2D eigenvalue weighted by Gasteiger charge is -2.20. The molecule has 0 aliphatic heterocycles. The summed E-state index contributed by atoms with van der Waals surface area (Å²) in [5.74, 6) is -1.54. The second-order valence-electron chi connectivity index (χ2n) is 5.12. The van der Waals surface area contributed by atoms with Crippen LogP contribution in [0.2, 0.25) is 0 Å². The summed E-state index contributed by atoms with van der Waals surface area (Å²) in [5.41, 5.74) is 2.32. The number of fused-ring (bicyclic) bond motifs is 1. The minimum absolute atomic E-state index is 0.146. The third-order valence-electron chi connectivity index (χ3n) is 3.14. The molecule has 2 aromatic rings. The van der Waals surface area contributed by atoms with Crippen LogP contribution in [0.4, 0.5) is 10.5 Å². The molecule has 2 amide bonds. The molecule has 21 heavy (non-hydrogen) atoms. The molecule has 1 atom stereocenters. The lowest BCUT2D eigenvalue weighted by Crippen LogP contribution is -2.36. The van der Waals surface area contributed by atoms with E-state index in [1.165, 1.54) is 4.90 Å². The Bertz CT molecular complexity index is 680. The highest BCUT2D eigenvalue weighted by Crippen LogP contribution is 2.12. The number of carboxylic acids is 1. The largest absolute Gasteiger partial charge is 0.481 e. The van der Waals surface area contributed by atoms with Crippen LogP contribution in [-0.4, -0.2) is 45.0 Å². The van der Waals surface area contributed by atoms with E-state index in [-0.39, 0.29) is 12.6 Å². The first-order valence-electron chi connectivity index (χ1n) is 6.57. The van der Waals surface area contributed by atoms with Crippen molar-refractivity contribution < 1.29 is 14.7 Å². The monoisotopic (exact) mass is 290 g/mol. The SMILES string of the molecule is Cc1cn2cc(NC(=O)N(C)CC(C)C(=O)O)ccc2n1. The summed E-state index contributed by atoms with van der Waals surface area (Å²) in [4.78, 5) is 28.5. The molecule has 0 saturated carbocycles. The van der Waals surface area contributed by atoms with Crippen LogP contribution in [-0.2, 0) is 4.79 Å². The Hall–Kier alpha value is -2.57. The predicted octanol–water partition coefficient (Wildman–Crippen LogP) is 1.83. The van der Waals surface area contributed by atoms with E-state index in [4.69, 9.17) is 5.11 Å². The number of aliphatic carboxylic acids is 1. The topological polar surface area (TPSA) is 86.9 Å². The smallest absolute Gasteiger partial charge is 0.321 e. The summed E-state index contributed by atoms with van der Waals surface area (Å²) < 4.78 is 1.82. The van der Waals surface area contributed by atoms with Crippen molar-refractivity contribution in [3.8, 4) is 0 Å². The van der Waals surface area contributed by atoms with E-state index in [0.29, 0.717) is 5.69 Å². The highest BCUT2D eigenvalue weighted by Gasteiger charge is 2.17. The van der Waals surface area contributed by atoms with E-state index in [1.807, 2.05) is 23.6 Å². The minimum Gasteiger partial charge on any atom is -0.481 e. The van der Waals surface area contributed by atoms with Crippen LogP contribution < -0.4 is 5.32 Å². The number of imidazole rings is 1. The molecule has 0 bridgehead atoms. The molecule has 1 unspecified atom stereocenters. The first-order chi connectivity index (χ1) is 9.86. The van der Waals surface area contributed by atoms with Crippen LogP contribution in [0.25, 0.3) is 5.65 Å². The molecule has 0 saturated heterocycles. The fraction of sp³-hybridized carbons (Fsp3) is 0.357. The van der Waals surface area contributed by atoms with Crippen LogP contribution in [0.15, 0.2) is 24.5 Å². The van der Waals surface area contributed by atoms with E-state index >= 15 is 0 Å². The van der Waals surface area contributed by atoms with Crippen LogP contribution in [0.1, 0.15) is 12.6 Å². The van der Waals surface area contributed by atoms with Gasteiger partial charge in [-0.15, -0.1) is 0 Å². The van der Waals surface area contributed by atoms with Crippen molar-refractivity contribution in [2.24, 2.45) is 5.92 Å². The Labute approximate surface area is 122 Å². The Kier molecular flexibility index (Phi) is 4.11. The molecular weight excluding hydrogens is 272 g/mol. The number of nitrogens with zero attached hydrogens (tertiary/aromatic N) is 3. The number of rotatable bonds is 4. The molecule has 0 aliphatic carbocycles. The number of nitrogens with one attached hydrogen (secondary N) is 1. The third-order valence-corrected chi connectivity index (χ3v) is 3.14. The predicted molar refractivity (Wildman–Crippen MR) is 78.4 cm³/mol. The number of carbonyl (C=O) groups is 2. The molecule has 0 radical (unpaired) electrons. The fourth-order valence-electron chi connectivity index (χ4n) is 1.98. The van der Waals surface area contributed by atoms with Crippen LogP contribution in [0, 0.1) is 12.8 Å². The molecule has 2 rings (SSSR count). The first kappa shape index (κ1) is 14.8. The summed E-state index contributed by atoms with van der Waals surface area (Å²) in [5, 5.41) is 11.6. The van der Waals surface area contributed by atoms with Gasteiger partial charge in [0.15, 0.2) is 0 Å². The van der Waals surface area contributed by atoms with Gasteiger partial charge in [0, 0.05) is 26.0 Å². The quantitative estimate of drug-likeness (QED) is 0.899. The fourth-order valence-corrected chi connectivity index (χ4v) is 1.98. The zero-order valence-electron chi connectivity index (χ0n) is 12.2. The second kappa shape index (κ2) is 5.82. The third kappa shape index (κ3) is 3.50. The molecule has 112 valence electrons. The standard InChI is InChI=1S/C14H18N4O3/c1-9(13(19)20)6-17(3)14(21)16-11-4-5-12-15-10(2)7-18(12)8-11/h4-5,7-9H,6H2,1-3H3,(H,16,21)(H,19,20). The van der Waals surface area contributed by atoms with Gasteiger partial charge in [-0.25, -0.2) is 9.78 Å².